The van der Waals surface area contributed by atoms with Crippen LogP contribution in [0, 0.1) is 11.8 Å². The van der Waals surface area contributed by atoms with E-state index in [1.807, 2.05) is 0 Å². The molecular weight excluding hydrogens is 199 g/mol. The highest BCUT2D eigenvalue weighted by Crippen LogP contribution is 2.43. The van der Waals surface area contributed by atoms with E-state index in [4.69, 9.17) is 4.74 Å². The Labute approximate surface area is 88.0 Å². The largest absolute Gasteiger partial charge is 0.452 e. The number of hydrogen-bond acceptors (Lipinski definition) is 3. The van der Waals surface area contributed by atoms with Gasteiger partial charge in [0, 0.05) is 11.8 Å². The van der Waals surface area contributed by atoms with E-state index in [9.17, 15) is 14.0 Å². The van der Waals surface area contributed by atoms with Gasteiger partial charge in [0.1, 0.15) is 0 Å². The van der Waals surface area contributed by atoms with Crippen LogP contribution in [0.5, 0.6) is 0 Å². The molecular formula is C11H15FO3. The van der Waals surface area contributed by atoms with E-state index in [0.29, 0.717) is 0 Å². The van der Waals surface area contributed by atoms with Gasteiger partial charge in [-0.25, -0.2) is 9.18 Å². The zero-order valence-electron chi connectivity index (χ0n) is 8.96. The van der Waals surface area contributed by atoms with Gasteiger partial charge in [0.2, 0.25) is 5.67 Å². The first-order valence-corrected chi connectivity index (χ1v) is 5.33. The molecule has 15 heavy (non-hydrogen) atoms. The van der Waals surface area contributed by atoms with Crippen molar-refractivity contribution in [2.75, 3.05) is 0 Å². The summed E-state index contributed by atoms with van der Waals surface area (Å²) in [6.07, 6.45) is 1.95. The second-order valence-corrected chi connectivity index (χ2v) is 4.97. The predicted molar refractivity (Wildman–Crippen MR) is 50.9 cm³/mol. The van der Waals surface area contributed by atoms with Gasteiger partial charge in [-0.15, -0.1) is 0 Å². The number of alkyl halides is 1. The average Bonchev–Trinajstić information content (AvgIpc) is 2.67. The molecule has 4 heteroatoms. The van der Waals surface area contributed by atoms with Crippen LogP contribution in [0.4, 0.5) is 4.39 Å². The maximum Gasteiger partial charge on any atom is 0.344 e. The molecule has 2 saturated carbocycles. The molecule has 0 radical (unpaired) electrons. The molecule has 0 aliphatic heterocycles. The molecule has 2 aliphatic carbocycles. The molecule has 0 heterocycles. The molecule has 2 bridgehead atoms. The molecule has 0 aromatic heterocycles. The Morgan fingerprint density at radius 2 is 2.13 bits per heavy atom. The number of carbonyl (C=O) groups excluding carboxylic acids is 2. The van der Waals surface area contributed by atoms with E-state index in [1.54, 1.807) is 0 Å². The maximum atomic E-state index is 13.2. The average molecular weight is 214 g/mol. The van der Waals surface area contributed by atoms with Crippen LogP contribution in [0.3, 0.4) is 0 Å². The number of Topliss-reactive ketones (excluding diaryl/α,β-unsaturated/α-hetero) is 1. The van der Waals surface area contributed by atoms with Crippen molar-refractivity contribution in [2.24, 2.45) is 11.8 Å². The quantitative estimate of drug-likeness (QED) is 0.656. The molecule has 0 amide bonds. The Kier molecular flexibility index (Phi) is 2.32. The van der Waals surface area contributed by atoms with Gasteiger partial charge in [-0.2, -0.15) is 0 Å². The number of ether oxygens (including phenoxy) is 1. The van der Waals surface area contributed by atoms with E-state index in [0.717, 1.165) is 33.1 Å². The summed E-state index contributed by atoms with van der Waals surface area (Å²) in [5.74, 6) is -0.749. The Morgan fingerprint density at radius 3 is 2.60 bits per heavy atom. The Bertz CT molecular complexity index is 305. The molecule has 2 aliphatic rings. The van der Waals surface area contributed by atoms with Crippen LogP contribution in [0.1, 0.15) is 33.1 Å². The normalized spacial score (nSPS) is 34.6. The molecule has 0 aromatic carbocycles. The Balaban J connectivity index is 2.02. The summed E-state index contributed by atoms with van der Waals surface area (Å²) in [5, 5.41) is 0. The number of hydrogen-bond donors (Lipinski definition) is 0. The summed E-state index contributed by atoms with van der Waals surface area (Å²) in [7, 11) is 0. The highest BCUT2D eigenvalue weighted by atomic mass is 19.1. The van der Waals surface area contributed by atoms with Gasteiger partial charge < -0.3 is 4.74 Å². The van der Waals surface area contributed by atoms with Crippen molar-refractivity contribution in [3.8, 4) is 0 Å². The lowest BCUT2D eigenvalue weighted by Crippen LogP contribution is -2.38. The summed E-state index contributed by atoms with van der Waals surface area (Å²) in [6, 6.07) is 0. The molecule has 3 atom stereocenters. The van der Waals surface area contributed by atoms with Crippen molar-refractivity contribution in [3.05, 3.63) is 0 Å². The van der Waals surface area contributed by atoms with Gasteiger partial charge in [-0.05, 0) is 33.1 Å². The third-order valence-corrected chi connectivity index (χ3v) is 3.30. The minimum absolute atomic E-state index is 0.0103. The first-order chi connectivity index (χ1) is 6.89. The summed E-state index contributed by atoms with van der Waals surface area (Å²) >= 11 is 0. The van der Waals surface area contributed by atoms with Crippen molar-refractivity contribution < 1.29 is 18.7 Å². The van der Waals surface area contributed by atoms with Gasteiger partial charge in [0.25, 0.3) is 0 Å². The summed E-state index contributed by atoms with van der Waals surface area (Å²) in [4.78, 5) is 22.9. The fourth-order valence-corrected chi connectivity index (χ4v) is 2.42. The fourth-order valence-electron chi connectivity index (χ4n) is 2.42. The van der Waals surface area contributed by atoms with E-state index in [-0.39, 0.29) is 17.6 Å². The topological polar surface area (TPSA) is 43.4 Å². The summed E-state index contributed by atoms with van der Waals surface area (Å²) in [5.41, 5.74) is -2.01. The third-order valence-electron chi connectivity index (χ3n) is 3.30. The van der Waals surface area contributed by atoms with Gasteiger partial charge >= 0.3 is 5.97 Å². The van der Waals surface area contributed by atoms with Crippen LogP contribution >= 0.6 is 0 Å². The number of rotatable bonds is 2. The zero-order chi connectivity index (χ0) is 11.2. The standard InChI is InChI=1S/C11H15FO3/c1-11(2,12)10(14)15-9-7-4-3-6(5-7)8(9)13/h6-7,9H,3-5H2,1-2H3. The fraction of sp³-hybridized carbons (Fsp3) is 0.818. The summed E-state index contributed by atoms with van der Waals surface area (Å²) < 4.78 is 18.2. The molecule has 0 spiro atoms. The molecule has 84 valence electrons. The molecule has 3 nitrogen and oxygen atoms in total. The van der Waals surface area contributed by atoms with Crippen LogP contribution in [0.15, 0.2) is 0 Å². The molecule has 2 rings (SSSR count). The first-order valence-electron chi connectivity index (χ1n) is 5.33. The highest BCUT2D eigenvalue weighted by molar-refractivity contribution is 5.91. The lowest BCUT2D eigenvalue weighted by atomic mass is 9.96. The minimum Gasteiger partial charge on any atom is -0.452 e. The zero-order valence-corrected chi connectivity index (χ0v) is 8.96. The van der Waals surface area contributed by atoms with Crippen molar-refractivity contribution in [3.63, 3.8) is 0 Å². The van der Waals surface area contributed by atoms with Gasteiger partial charge in [0.15, 0.2) is 11.9 Å². The van der Waals surface area contributed by atoms with Crippen LogP contribution in [0.25, 0.3) is 0 Å². The van der Waals surface area contributed by atoms with Crippen molar-refractivity contribution >= 4 is 11.8 Å². The summed E-state index contributed by atoms with van der Waals surface area (Å²) in [6.45, 7) is 2.29. The SMILES string of the molecule is CC(C)(F)C(=O)OC1C(=O)C2CCC1C2. The smallest absolute Gasteiger partial charge is 0.344 e. The van der Waals surface area contributed by atoms with Crippen LogP contribution in [0.2, 0.25) is 0 Å². The highest BCUT2D eigenvalue weighted by Gasteiger charge is 2.50. The number of carbonyl (C=O) groups is 2. The number of esters is 1. The third kappa shape index (κ3) is 1.77. The van der Waals surface area contributed by atoms with E-state index in [1.165, 1.54) is 0 Å². The number of fused-ring (bicyclic) bond motifs is 2. The second-order valence-electron chi connectivity index (χ2n) is 4.97. The minimum atomic E-state index is -2.01. The number of halogens is 1. The Hall–Kier alpha value is -0.930. The van der Waals surface area contributed by atoms with E-state index >= 15 is 0 Å². The maximum absolute atomic E-state index is 13.2. The molecule has 0 saturated heterocycles. The van der Waals surface area contributed by atoms with Crippen molar-refractivity contribution in [1.82, 2.24) is 0 Å². The van der Waals surface area contributed by atoms with Crippen LogP contribution < -0.4 is 0 Å². The monoisotopic (exact) mass is 214 g/mol. The van der Waals surface area contributed by atoms with Crippen molar-refractivity contribution in [1.29, 1.82) is 0 Å². The predicted octanol–water partition coefficient (Wildman–Crippen LogP) is 1.65. The van der Waals surface area contributed by atoms with Crippen molar-refractivity contribution in [2.45, 2.75) is 44.9 Å². The van der Waals surface area contributed by atoms with E-state index in [2.05, 4.69) is 0 Å². The molecule has 0 N–H and O–H groups in total. The van der Waals surface area contributed by atoms with Gasteiger partial charge in [-0.3, -0.25) is 4.79 Å². The molecule has 2 fully saturated rings. The van der Waals surface area contributed by atoms with Crippen LogP contribution in [-0.4, -0.2) is 23.5 Å². The number of ketones is 1. The van der Waals surface area contributed by atoms with Gasteiger partial charge in [-0.1, -0.05) is 0 Å². The van der Waals surface area contributed by atoms with Gasteiger partial charge in [0.05, 0.1) is 0 Å². The van der Waals surface area contributed by atoms with Crippen LogP contribution in [-0.2, 0) is 14.3 Å². The van der Waals surface area contributed by atoms with E-state index < -0.39 is 17.7 Å². The molecule has 3 unspecified atom stereocenters. The first kappa shape index (κ1) is 10.6. The lowest BCUT2D eigenvalue weighted by Gasteiger charge is -2.23. The lowest BCUT2D eigenvalue weighted by molar-refractivity contribution is -0.167. The Morgan fingerprint density at radius 1 is 1.47 bits per heavy atom. The second kappa shape index (κ2) is 3.29. The molecule has 0 aromatic rings.